The molecule has 2 heteroatoms. The molecule has 0 unspecified atom stereocenters. The Morgan fingerprint density at radius 1 is 1.38 bits per heavy atom. The largest absolute Gasteiger partial charge is 0.237 e. The van der Waals surface area contributed by atoms with E-state index in [1.807, 2.05) is 0 Å². The highest BCUT2D eigenvalue weighted by Gasteiger charge is 2.26. The minimum absolute atomic E-state index is 1.07. The predicted octanol–water partition coefficient (Wildman–Crippen LogP) is 2.15. The van der Waals surface area contributed by atoms with Crippen LogP contribution >= 0.6 is 7.26 Å². The first kappa shape index (κ1) is 7.92. The summed E-state index contributed by atoms with van der Waals surface area (Å²) in [6.07, 6.45) is 2.14. The maximum Gasteiger partial charge on any atom is 0.237 e. The van der Waals surface area contributed by atoms with Gasteiger partial charge in [0.25, 0.3) is 0 Å². The van der Waals surface area contributed by atoms with Crippen LogP contribution in [0.5, 0.6) is 0 Å². The van der Waals surface area contributed by atoms with Crippen molar-refractivity contribution in [1.29, 1.82) is 5.26 Å². The van der Waals surface area contributed by atoms with E-state index >= 15 is 0 Å². The van der Waals surface area contributed by atoms with Crippen molar-refractivity contribution in [2.45, 2.75) is 13.8 Å². The molecule has 8 heavy (non-hydrogen) atoms. The van der Waals surface area contributed by atoms with Gasteiger partial charge in [-0.2, -0.15) is 5.26 Å². The van der Waals surface area contributed by atoms with Gasteiger partial charge in [0.05, 0.1) is 19.0 Å². The van der Waals surface area contributed by atoms with Gasteiger partial charge in [-0.3, -0.25) is 0 Å². The lowest BCUT2D eigenvalue weighted by molar-refractivity contribution is 1.38. The Labute approximate surface area is 52.0 Å². The van der Waals surface area contributed by atoms with Gasteiger partial charge in [0.1, 0.15) is 7.26 Å². The Morgan fingerprint density at radius 2 is 1.75 bits per heavy atom. The number of nitrogens with zero attached hydrogens (tertiary/aromatic N) is 1. The van der Waals surface area contributed by atoms with Crippen LogP contribution < -0.4 is 0 Å². The van der Waals surface area contributed by atoms with E-state index in [0.29, 0.717) is 0 Å². The first-order chi connectivity index (χ1) is 3.68. The molecule has 0 atom stereocenters. The maximum atomic E-state index is 8.58. The monoisotopic (exact) mass is 130 g/mol. The van der Waals surface area contributed by atoms with Gasteiger partial charge in [0.2, 0.25) is 5.81 Å². The molecule has 0 aromatic carbocycles. The van der Waals surface area contributed by atoms with E-state index in [1.165, 1.54) is 0 Å². The molecule has 0 radical (unpaired) electrons. The summed E-state index contributed by atoms with van der Waals surface area (Å²) in [6, 6.07) is 0. The average Bonchev–Trinajstić information content (AvgIpc) is 1.87. The zero-order valence-corrected chi connectivity index (χ0v) is 6.70. The van der Waals surface area contributed by atoms with Crippen molar-refractivity contribution in [3.63, 3.8) is 0 Å². The molecule has 0 aromatic rings. The van der Waals surface area contributed by atoms with Crippen molar-refractivity contribution < 1.29 is 0 Å². The minimum Gasteiger partial charge on any atom is -0.152 e. The molecule has 0 saturated carbocycles. The van der Waals surface area contributed by atoms with E-state index in [-0.39, 0.29) is 0 Å². The molecule has 1 nitrogen and oxygen atoms in total. The van der Waals surface area contributed by atoms with Crippen molar-refractivity contribution in [2.75, 3.05) is 19.0 Å². The van der Waals surface area contributed by atoms with E-state index in [2.05, 4.69) is 26.3 Å². The van der Waals surface area contributed by atoms with E-state index in [4.69, 9.17) is 5.26 Å². The van der Waals surface area contributed by atoms with Gasteiger partial charge in [-0.1, -0.05) is 0 Å². The molecular formula is C6H13NP+. The molecule has 0 saturated heterocycles. The first-order valence-corrected chi connectivity index (χ1v) is 5.55. The number of rotatable bonds is 2. The molecule has 0 aliphatic heterocycles. The van der Waals surface area contributed by atoms with Gasteiger partial charge < -0.3 is 0 Å². The fourth-order valence-electron chi connectivity index (χ4n) is 0.365. The number of nitriles is 1. The summed E-state index contributed by atoms with van der Waals surface area (Å²) in [4.78, 5) is 0. The number of hydrogen-bond donors (Lipinski definition) is 0. The van der Waals surface area contributed by atoms with E-state index in [9.17, 15) is 0 Å². The molecule has 0 bridgehead atoms. The van der Waals surface area contributed by atoms with Crippen molar-refractivity contribution >= 4 is 7.26 Å². The second-order valence-electron chi connectivity index (χ2n) is 2.13. The highest BCUT2D eigenvalue weighted by molar-refractivity contribution is 7.79. The molecule has 0 aromatic heterocycles. The van der Waals surface area contributed by atoms with Gasteiger partial charge >= 0.3 is 0 Å². The lowest BCUT2D eigenvalue weighted by atomic mass is 11.0. The van der Waals surface area contributed by atoms with Gasteiger partial charge in [-0.05, 0) is 13.8 Å². The second-order valence-corrected chi connectivity index (χ2v) is 6.39. The Kier molecular flexibility index (Phi) is 3.02. The molecule has 0 spiro atoms. The predicted molar refractivity (Wildman–Crippen MR) is 39.5 cm³/mol. The second kappa shape index (κ2) is 3.05. The van der Waals surface area contributed by atoms with E-state index in [0.717, 1.165) is 12.3 Å². The van der Waals surface area contributed by atoms with Crippen LogP contribution in [0.4, 0.5) is 0 Å². The quantitative estimate of drug-likeness (QED) is 0.525. The third kappa shape index (κ3) is 1.80. The van der Waals surface area contributed by atoms with Crippen LogP contribution in [0.2, 0.25) is 0 Å². The topological polar surface area (TPSA) is 23.8 Å². The summed E-state index contributed by atoms with van der Waals surface area (Å²) >= 11 is 0. The third-order valence-electron chi connectivity index (χ3n) is 1.64. The Bertz CT molecular complexity index is 99.6. The molecule has 0 amide bonds. The van der Waals surface area contributed by atoms with Gasteiger partial charge in [-0.15, -0.1) is 0 Å². The van der Waals surface area contributed by atoms with Crippen LogP contribution in [0.1, 0.15) is 13.8 Å². The maximum absolute atomic E-state index is 8.58. The lowest BCUT2D eigenvalue weighted by Gasteiger charge is -2.05. The normalized spacial score (nSPS) is 10.8. The minimum atomic E-state index is -1.11. The molecule has 46 valence electrons. The van der Waals surface area contributed by atoms with Crippen LogP contribution in [0.3, 0.4) is 0 Å². The standard InChI is InChI=1S/C6H13NP/c1-4-8(3,5-2)6-7/h4-5H2,1-3H3/q+1. The fraction of sp³-hybridized carbons (Fsp3) is 0.833. The van der Waals surface area contributed by atoms with Crippen molar-refractivity contribution in [1.82, 2.24) is 0 Å². The molecule has 0 fully saturated rings. The zero-order valence-electron chi connectivity index (χ0n) is 5.81. The fourth-order valence-corrected chi connectivity index (χ4v) is 1.10. The van der Waals surface area contributed by atoms with Crippen LogP contribution in [0.25, 0.3) is 0 Å². The van der Waals surface area contributed by atoms with Gasteiger partial charge in [0.15, 0.2) is 0 Å². The Balaban J connectivity index is 3.83. The average molecular weight is 130 g/mol. The molecule has 0 N–H and O–H groups in total. The van der Waals surface area contributed by atoms with E-state index in [1.54, 1.807) is 0 Å². The third-order valence-corrected chi connectivity index (χ3v) is 4.91. The SMILES string of the molecule is CC[P+](C)(C#N)CC. The van der Waals surface area contributed by atoms with Gasteiger partial charge in [0, 0.05) is 0 Å². The Hall–Kier alpha value is -0.0800. The lowest BCUT2D eigenvalue weighted by Crippen LogP contribution is -1.92. The zero-order chi connectivity index (χ0) is 6.62. The summed E-state index contributed by atoms with van der Waals surface area (Å²) in [5.41, 5.74) is 0. The Morgan fingerprint density at radius 3 is 1.75 bits per heavy atom. The van der Waals surface area contributed by atoms with Crippen LogP contribution in [0, 0.1) is 11.1 Å². The van der Waals surface area contributed by atoms with Crippen LogP contribution in [0.15, 0.2) is 0 Å². The molecule has 0 aliphatic rings. The highest BCUT2D eigenvalue weighted by atomic mass is 31.2. The number of hydrogen-bond acceptors (Lipinski definition) is 1. The highest BCUT2D eigenvalue weighted by Crippen LogP contribution is 2.52. The van der Waals surface area contributed by atoms with Crippen molar-refractivity contribution in [3.05, 3.63) is 0 Å². The smallest absolute Gasteiger partial charge is 0.152 e. The van der Waals surface area contributed by atoms with Crippen LogP contribution in [-0.2, 0) is 0 Å². The van der Waals surface area contributed by atoms with Crippen molar-refractivity contribution in [2.24, 2.45) is 0 Å². The first-order valence-electron chi connectivity index (χ1n) is 2.94. The molecule has 0 aliphatic carbocycles. The van der Waals surface area contributed by atoms with Gasteiger partial charge in [-0.25, -0.2) is 0 Å². The van der Waals surface area contributed by atoms with Crippen LogP contribution in [-0.4, -0.2) is 19.0 Å². The summed E-state index contributed by atoms with van der Waals surface area (Å²) in [7, 11) is -1.11. The molecule has 0 heterocycles. The summed E-state index contributed by atoms with van der Waals surface area (Å²) in [5.74, 6) is 2.39. The van der Waals surface area contributed by atoms with Crippen molar-refractivity contribution in [3.8, 4) is 5.81 Å². The summed E-state index contributed by atoms with van der Waals surface area (Å²) in [5, 5.41) is 8.58. The summed E-state index contributed by atoms with van der Waals surface area (Å²) in [6.45, 7) is 6.30. The summed E-state index contributed by atoms with van der Waals surface area (Å²) < 4.78 is 0. The molecular weight excluding hydrogens is 117 g/mol. The molecule has 0 rings (SSSR count). The van der Waals surface area contributed by atoms with E-state index < -0.39 is 7.26 Å².